The van der Waals surface area contributed by atoms with Gasteiger partial charge in [-0.05, 0) is 96.5 Å². The van der Waals surface area contributed by atoms with Crippen LogP contribution in [0.4, 0.5) is 22.7 Å². The van der Waals surface area contributed by atoms with E-state index < -0.39 is 0 Å². The van der Waals surface area contributed by atoms with E-state index >= 15 is 0 Å². The predicted molar refractivity (Wildman–Crippen MR) is 197 cm³/mol. The average molecular weight is 633 g/mol. The molecule has 6 atom stereocenters. The number of nitriles is 2. The molecule has 2 aliphatic heterocycles. The molecule has 236 valence electrons. The highest BCUT2D eigenvalue weighted by molar-refractivity contribution is 5.81. The summed E-state index contributed by atoms with van der Waals surface area (Å²) >= 11 is 0. The maximum Gasteiger partial charge on any atom is 0.101 e. The molecule has 4 nitrogen and oxygen atoms in total. The lowest BCUT2D eigenvalue weighted by atomic mass is 9.71. The molecule has 0 amide bonds. The van der Waals surface area contributed by atoms with Crippen molar-refractivity contribution in [2.45, 2.75) is 43.7 Å². The van der Waals surface area contributed by atoms with E-state index in [9.17, 15) is 10.5 Å². The van der Waals surface area contributed by atoms with Crippen LogP contribution in [0, 0.1) is 41.4 Å². The molecule has 4 heteroatoms. The van der Waals surface area contributed by atoms with Gasteiger partial charge in [-0.25, -0.2) is 0 Å². The summed E-state index contributed by atoms with van der Waals surface area (Å²) in [6, 6.07) is 36.8. The van der Waals surface area contributed by atoms with Gasteiger partial charge in [0.25, 0.3) is 0 Å². The van der Waals surface area contributed by atoms with Crippen molar-refractivity contribution in [2.24, 2.45) is 11.8 Å². The van der Waals surface area contributed by atoms with Crippen LogP contribution < -0.4 is 9.80 Å². The van der Waals surface area contributed by atoms with Gasteiger partial charge in [-0.2, -0.15) is 10.5 Å². The Morgan fingerprint density at radius 1 is 0.735 bits per heavy atom. The van der Waals surface area contributed by atoms with Gasteiger partial charge < -0.3 is 9.80 Å². The Bertz CT molecular complexity index is 2220. The molecule has 4 aromatic rings. The van der Waals surface area contributed by atoms with Gasteiger partial charge in [0, 0.05) is 40.9 Å². The maximum atomic E-state index is 10.2. The zero-order chi connectivity index (χ0) is 33.1. The van der Waals surface area contributed by atoms with Gasteiger partial charge in [-0.3, -0.25) is 0 Å². The van der Waals surface area contributed by atoms with Gasteiger partial charge in [0.2, 0.25) is 0 Å². The van der Waals surface area contributed by atoms with Crippen LogP contribution in [0.5, 0.6) is 0 Å². The van der Waals surface area contributed by atoms with E-state index in [-0.39, 0.29) is 18.0 Å². The van der Waals surface area contributed by atoms with Crippen molar-refractivity contribution in [3.63, 3.8) is 0 Å². The fraction of sp³-hybridized carbons (Fsp3) is 0.200. The quantitative estimate of drug-likeness (QED) is 0.210. The molecule has 5 aliphatic rings. The zero-order valence-electron chi connectivity index (χ0n) is 27.4. The first-order valence-corrected chi connectivity index (χ1v) is 17.4. The van der Waals surface area contributed by atoms with Crippen molar-refractivity contribution in [3.8, 4) is 12.1 Å². The minimum absolute atomic E-state index is 0.0477. The van der Waals surface area contributed by atoms with Crippen LogP contribution in [0.3, 0.4) is 0 Å². The van der Waals surface area contributed by atoms with Crippen LogP contribution in [0.1, 0.15) is 52.5 Å². The summed E-state index contributed by atoms with van der Waals surface area (Å²) in [5.41, 5.74) is 12.5. The van der Waals surface area contributed by atoms with Crippen molar-refractivity contribution in [1.29, 1.82) is 10.5 Å². The molecule has 0 saturated carbocycles. The number of nitrogens with zero attached hydrogens (tertiary/aromatic N) is 4. The number of hydrogen-bond acceptors (Lipinski definition) is 4. The van der Waals surface area contributed by atoms with E-state index in [0.717, 1.165) is 24.2 Å². The lowest BCUT2D eigenvalue weighted by molar-refractivity contribution is 0.346. The Hall–Kier alpha value is -5.84. The molecule has 0 fully saturated rings. The Morgan fingerprint density at radius 2 is 1.53 bits per heavy atom. The van der Waals surface area contributed by atoms with E-state index in [1.807, 2.05) is 30.3 Å². The average Bonchev–Trinajstić information content (AvgIpc) is 3.67. The van der Waals surface area contributed by atoms with Gasteiger partial charge in [-0.1, -0.05) is 96.6 Å². The molecule has 0 spiro atoms. The second kappa shape index (κ2) is 11.7. The molecule has 0 bridgehead atoms. The largest absolute Gasteiger partial charge is 0.337 e. The van der Waals surface area contributed by atoms with E-state index in [1.54, 1.807) is 0 Å². The van der Waals surface area contributed by atoms with E-state index in [4.69, 9.17) is 0 Å². The Balaban J connectivity index is 1.12. The van der Waals surface area contributed by atoms with Crippen molar-refractivity contribution in [1.82, 2.24) is 0 Å². The maximum absolute atomic E-state index is 10.2. The van der Waals surface area contributed by atoms with Crippen molar-refractivity contribution in [2.75, 3.05) is 9.80 Å². The Labute approximate surface area is 288 Å². The van der Waals surface area contributed by atoms with Gasteiger partial charge in [0.1, 0.15) is 6.07 Å². The van der Waals surface area contributed by atoms with Crippen LogP contribution in [0.2, 0.25) is 0 Å². The summed E-state index contributed by atoms with van der Waals surface area (Å²) in [6.07, 6.45) is 21.0. The molecule has 5 unspecified atom stereocenters. The second-order valence-corrected chi connectivity index (χ2v) is 13.9. The van der Waals surface area contributed by atoms with E-state index in [1.165, 1.54) is 39.2 Å². The number of aryl methyl sites for hydroxylation is 1. The standard InChI is InChI=1S/C45H36N4/c1-29-19-24-43-40(25-29)39-16-8-14-36(45(39)49(43)41-17-4-2-9-33(41)28-47)32-11-6-10-31(26-32)35-13-7-15-38-37-12-3-5-18-42(37)48(44(35)38)34-22-20-30(27-46)21-23-34/h2-9,11-14,16-26,31,35,38-39,44-45H,10,15H2,1H3/t31?,35?,38?,39?,44?,45-/m0/s1. The van der Waals surface area contributed by atoms with Gasteiger partial charge in [-0.15, -0.1) is 0 Å². The van der Waals surface area contributed by atoms with Crippen molar-refractivity contribution < 1.29 is 0 Å². The molecular weight excluding hydrogens is 597 g/mol. The molecule has 0 N–H and O–H groups in total. The number of hydrogen-bond donors (Lipinski definition) is 0. The highest BCUT2D eigenvalue weighted by Gasteiger charge is 2.47. The first-order valence-electron chi connectivity index (χ1n) is 17.4. The molecule has 9 rings (SSSR count). The van der Waals surface area contributed by atoms with E-state index in [0.29, 0.717) is 28.9 Å². The van der Waals surface area contributed by atoms with Crippen LogP contribution >= 0.6 is 0 Å². The number of benzene rings is 4. The van der Waals surface area contributed by atoms with E-state index in [2.05, 4.69) is 138 Å². The lowest BCUT2D eigenvalue weighted by Gasteiger charge is -2.41. The fourth-order valence-corrected chi connectivity index (χ4v) is 9.20. The second-order valence-electron chi connectivity index (χ2n) is 13.9. The lowest BCUT2D eigenvalue weighted by Crippen LogP contribution is -2.41. The van der Waals surface area contributed by atoms with Gasteiger partial charge in [0.05, 0.1) is 28.9 Å². The Morgan fingerprint density at radius 3 is 2.37 bits per heavy atom. The summed E-state index contributed by atoms with van der Waals surface area (Å²) in [7, 11) is 0. The highest BCUT2D eigenvalue weighted by Crippen LogP contribution is 2.55. The van der Waals surface area contributed by atoms with Crippen molar-refractivity contribution >= 4 is 22.7 Å². The predicted octanol–water partition coefficient (Wildman–Crippen LogP) is 10.2. The third kappa shape index (κ3) is 4.63. The minimum Gasteiger partial charge on any atom is -0.337 e. The zero-order valence-corrected chi connectivity index (χ0v) is 27.4. The number of fused-ring (bicyclic) bond motifs is 6. The van der Waals surface area contributed by atoms with Crippen molar-refractivity contribution in [3.05, 3.63) is 179 Å². The van der Waals surface area contributed by atoms with Crippen LogP contribution in [-0.4, -0.2) is 12.1 Å². The number of allylic oxidation sites excluding steroid dienone is 6. The van der Waals surface area contributed by atoms with Crippen LogP contribution in [0.15, 0.2) is 151 Å². The number of para-hydroxylation sites is 2. The first-order chi connectivity index (χ1) is 24.1. The molecule has 0 saturated heterocycles. The van der Waals surface area contributed by atoms with Crippen LogP contribution in [0.25, 0.3) is 0 Å². The Kier molecular flexibility index (Phi) is 6.99. The molecule has 0 aromatic heterocycles. The molecule has 2 heterocycles. The SMILES string of the molecule is Cc1ccc2c(c1)C1C=CC=C(C3=CC(C4C=CCC5c6ccccc6N(c6ccc(C#N)cc6)C54)CC=C3)[C@@H]1N2c1ccccc1C#N. The minimum atomic E-state index is 0.0477. The highest BCUT2D eigenvalue weighted by atomic mass is 15.2. The number of rotatable bonds is 4. The summed E-state index contributed by atoms with van der Waals surface area (Å²) in [5, 5.41) is 19.7. The molecular formula is C45H36N4. The fourth-order valence-electron chi connectivity index (χ4n) is 9.20. The summed E-state index contributed by atoms with van der Waals surface area (Å²) in [5.74, 6) is 1.20. The third-order valence-electron chi connectivity index (χ3n) is 11.3. The topological polar surface area (TPSA) is 54.1 Å². The summed E-state index contributed by atoms with van der Waals surface area (Å²) in [6.45, 7) is 2.16. The summed E-state index contributed by atoms with van der Waals surface area (Å²) < 4.78 is 0. The van der Waals surface area contributed by atoms with Crippen LogP contribution in [-0.2, 0) is 0 Å². The van der Waals surface area contributed by atoms with Gasteiger partial charge in [0.15, 0.2) is 0 Å². The summed E-state index contributed by atoms with van der Waals surface area (Å²) in [4.78, 5) is 4.97. The smallest absolute Gasteiger partial charge is 0.101 e. The first kappa shape index (κ1) is 29.3. The monoisotopic (exact) mass is 632 g/mol. The number of anilines is 4. The molecule has 3 aliphatic carbocycles. The third-order valence-corrected chi connectivity index (χ3v) is 11.3. The normalized spacial score (nSPS) is 25.8. The van der Waals surface area contributed by atoms with Gasteiger partial charge >= 0.3 is 0 Å². The molecule has 4 aromatic carbocycles. The molecule has 0 radical (unpaired) electrons. The molecule has 49 heavy (non-hydrogen) atoms.